The van der Waals surface area contributed by atoms with Gasteiger partial charge in [0.05, 0.1) is 7.11 Å². The summed E-state index contributed by atoms with van der Waals surface area (Å²) >= 11 is 0. The molecule has 0 aliphatic rings. The van der Waals surface area contributed by atoms with Crippen molar-refractivity contribution in [1.82, 2.24) is 0 Å². The van der Waals surface area contributed by atoms with Gasteiger partial charge in [-0.25, -0.2) is 4.39 Å². The first-order chi connectivity index (χ1) is 9.60. The van der Waals surface area contributed by atoms with Crippen LogP contribution in [-0.2, 0) is 0 Å². The van der Waals surface area contributed by atoms with Gasteiger partial charge in [0.15, 0.2) is 0 Å². The monoisotopic (exact) mass is 276 g/mol. The van der Waals surface area contributed by atoms with Crippen molar-refractivity contribution < 1.29 is 19.0 Å². The summed E-state index contributed by atoms with van der Waals surface area (Å²) in [5, 5.41) is 10.1. The first kappa shape index (κ1) is 14.3. The Labute approximate surface area is 117 Å². The van der Waals surface area contributed by atoms with Crippen molar-refractivity contribution in [3.05, 3.63) is 59.4 Å². The second-order valence-corrected chi connectivity index (χ2v) is 4.51. The first-order valence-electron chi connectivity index (χ1n) is 6.31. The highest BCUT2D eigenvalue weighted by Gasteiger charge is 2.10. The highest BCUT2D eigenvalue weighted by Crippen LogP contribution is 2.23. The Kier molecular flexibility index (Phi) is 4.58. The Morgan fingerprint density at radius 2 is 2.00 bits per heavy atom. The summed E-state index contributed by atoms with van der Waals surface area (Å²) in [4.78, 5) is 0. The fourth-order valence-electron chi connectivity index (χ4n) is 1.84. The minimum atomic E-state index is -0.798. The molecule has 1 N–H and O–H groups in total. The largest absolute Gasteiger partial charge is 0.497 e. The summed E-state index contributed by atoms with van der Waals surface area (Å²) in [7, 11) is 1.57. The van der Waals surface area contributed by atoms with Crippen molar-refractivity contribution in [3.63, 3.8) is 0 Å². The van der Waals surface area contributed by atoms with Crippen LogP contribution < -0.4 is 9.47 Å². The van der Waals surface area contributed by atoms with Crippen molar-refractivity contribution >= 4 is 0 Å². The third kappa shape index (κ3) is 3.48. The number of ether oxygens (including phenoxy) is 2. The minimum absolute atomic E-state index is 0.0530. The minimum Gasteiger partial charge on any atom is -0.497 e. The molecule has 0 saturated carbocycles. The number of halogens is 1. The lowest BCUT2D eigenvalue weighted by molar-refractivity contribution is 0.107. The van der Waals surface area contributed by atoms with Crippen LogP contribution in [-0.4, -0.2) is 18.8 Å². The summed E-state index contributed by atoms with van der Waals surface area (Å²) in [5.74, 6) is 0.747. The van der Waals surface area contributed by atoms with Gasteiger partial charge in [0.2, 0.25) is 0 Å². The van der Waals surface area contributed by atoms with Gasteiger partial charge in [0, 0.05) is 6.07 Å². The molecule has 1 unspecified atom stereocenters. The molecule has 0 fully saturated rings. The average molecular weight is 276 g/mol. The van der Waals surface area contributed by atoms with Gasteiger partial charge in [0.25, 0.3) is 0 Å². The average Bonchev–Trinajstić information content (AvgIpc) is 2.48. The van der Waals surface area contributed by atoms with Gasteiger partial charge in [-0.05, 0) is 36.2 Å². The molecule has 20 heavy (non-hydrogen) atoms. The second kappa shape index (κ2) is 6.39. The number of hydrogen-bond acceptors (Lipinski definition) is 3. The molecule has 106 valence electrons. The van der Waals surface area contributed by atoms with Crippen LogP contribution in [0.15, 0.2) is 42.5 Å². The molecule has 3 nitrogen and oxygen atoms in total. The van der Waals surface area contributed by atoms with Crippen LogP contribution >= 0.6 is 0 Å². The molecule has 2 aromatic carbocycles. The van der Waals surface area contributed by atoms with Gasteiger partial charge in [0.1, 0.15) is 30.0 Å². The zero-order chi connectivity index (χ0) is 14.5. The molecular formula is C16H17FO3. The molecule has 0 radical (unpaired) electrons. The number of methoxy groups -OCH3 is 1. The van der Waals surface area contributed by atoms with Crippen LogP contribution in [0.3, 0.4) is 0 Å². The maximum Gasteiger partial charge on any atom is 0.126 e. The molecule has 0 amide bonds. The Bertz CT molecular complexity index is 584. The van der Waals surface area contributed by atoms with E-state index in [1.807, 2.05) is 6.92 Å². The van der Waals surface area contributed by atoms with Crippen molar-refractivity contribution in [1.29, 1.82) is 0 Å². The third-order valence-electron chi connectivity index (χ3n) is 3.03. The molecule has 0 bridgehead atoms. The van der Waals surface area contributed by atoms with E-state index in [0.29, 0.717) is 17.1 Å². The van der Waals surface area contributed by atoms with E-state index in [1.54, 1.807) is 37.4 Å². The molecule has 1 atom stereocenters. The van der Waals surface area contributed by atoms with Gasteiger partial charge in [-0.1, -0.05) is 18.2 Å². The molecule has 2 aromatic rings. The number of aryl methyl sites for hydroxylation is 1. The van der Waals surface area contributed by atoms with Crippen LogP contribution in [0.4, 0.5) is 4.39 Å². The highest BCUT2D eigenvalue weighted by atomic mass is 19.1. The van der Waals surface area contributed by atoms with E-state index in [9.17, 15) is 9.50 Å². The van der Waals surface area contributed by atoms with E-state index < -0.39 is 6.10 Å². The zero-order valence-electron chi connectivity index (χ0n) is 11.5. The van der Waals surface area contributed by atoms with E-state index in [4.69, 9.17) is 9.47 Å². The lowest BCUT2D eigenvalue weighted by Gasteiger charge is -2.15. The third-order valence-corrected chi connectivity index (χ3v) is 3.03. The van der Waals surface area contributed by atoms with Crippen LogP contribution in [0.2, 0.25) is 0 Å². The molecular weight excluding hydrogens is 259 g/mol. The van der Waals surface area contributed by atoms with E-state index in [1.165, 1.54) is 12.1 Å². The number of hydrogen-bond donors (Lipinski definition) is 1. The van der Waals surface area contributed by atoms with E-state index in [0.717, 1.165) is 5.56 Å². The van der Waals surface area contributed by atoms with E-state index >= 15 is 0 Å². The Hall–Kier alpha value is -2.07. The lowest BCUT2D eigenvalue weighted by Crippen LogP contribution is -2.10. The van der Waals surface area contributed by atoms with Gasteiger partial charge in [-0.3, -0.25) is 0 Å². The van der Waals surface area contributed by atoms with Crippen molar-refractivity contribution in [2.75, 3.05) is 13.7 Å². The SMILES string of the molecule is COc1cccc(C(O)COc2cc(F)ccc2C)c1. The van der Waals surface area contributed by atoms with Crippen molar-refractivity contribution in [3.8, 4) is 11.5 Å². The maximum atomic E-state index is 13.1. The van der Waals surface area contributed by atoms with Gasteiger partial charge in [-0.15, -0.1) is 0 Å². The molecule has 0 heterocycles. The van der Waals surface area contributed by atoms with Crippen molar-refractivity contribution in [2.45, 2.75) is 13.0 Å². The number of aliphatic hydroxyl groups excluding tert-OH is 1. The summed E-state index contributed by atoms with van der Waals surface area (Å²) < 4.78 is 23.7. The topological polar surface area (TPSA) is 38.7 Å². The van der Waals surface area contributed by atoms with Crippen LogP contribution in [0.1, 0.15) is 17.2 Å². The molecule has 0 aliphatic heterocycles. The standard InChI is InChI=1S/C16H17FO3/c1-11-6-7-13(17)9-16(11)20-10-15(18)12-4-3-5-14(8-12)19-2/h3-9,15,18H,10H2,1-2H3. The Morgan fingerprint density at radius 1 is 1.20 bits per heavy atom. The Morgan fingerprint density at radius 3 is 2.75 bits per heavy atom. The zero-order valence-corrected chi connectivity index (χ0v) is 11.5. The molecule has 4 heteroatoms. The van der Waals surface area contributed by atoms with Crippen molar-refractivity contribution in [2.24, 2.45) is 0 Å². The second-order valence-electron chi connectivity index (χ2n) is 4.51. The summed E-state index contributed by atoms with van der Waals surface area (Å²) in [6.45, 7) is 1.88. The summed E-state index contributed by atoms with van der Waals surface area (Å²) in [5.41, 5.74) is 1.52. The first-order valence-corrected chi connectivity index (χ1v) is 6.31. The number of aliphatic hydroxyl groups is 1. The fraction of sp³-hybridized carbons (Fsp3) is 0.250. The highest BCUT2D eigenvalue weighted by molar-refractivity contribution is 5.33. The van der Waals surface area contributed by atoms with Gasteiger partial charge < -0.3 is 14.6 Å². The van der Waals surface area contributed by atoms with E-state index in [2.05, 4.69) is 0 Å². The number of benzene rings is 2. The lowest BCUT2D eigenvalue weighted by atomic mass is 10.1. The summed E-state index contributed by atoms with van der Waals surface area (Å²) in [6.07, 6.45) is -0.798. The van der Waals surface area contributed by atoms with Crippen LogP contribution in [0.5, 0.6) is 11.5 Å². The predicted molar refractivity (Wildman–Crippen MR) is 74.6 cm³/mol. The number of rotatable bonds is 5. The molecule has 0 saturated heterocycles. The molecule has 2 rings (SSSR count). The van der Waals surface area contributed by atoms with Gasteiger partial charge >= 0.3 is 0 Å². The van der Waals surface area contributed by atoms with Gasteiger partial charge in [-0.2, -0.15) is 0 Å². The fourth-order valence-corrected chi connectivity index (χ4v) is 1.84. The molecule has 0 spiro atoms. The normalized spacial score (nSPS) is 12.0. The molecule has 0 aromatic heterocycles. The smallest absolute Gasteiger partial charge is 0.126 e. The quantitative estimate of drug-likeness (QED) is 0.911. The molecule has 0 aliphatic carbocycles. The maximum absolute atomic E-state index is 13.1. The Balaban J connectivity index is 2.04. The van der Waals surface area contributed by atoms with Crippen LogP contribution in [0.25, 0.3) is 0 Å². The van der Waals surface area contributed by atoms with Crippen LogP contribution in [0, 0.1) is 12.7 Å². The summed E-state index contributed by atoms with van der Waals surface area (Å²) in [6, 6.07) is 11.5. The van der Waals surface area contributed by atoms with E-state index in [-0.39, 0.29) is 12.4 Å². The predicted octanol–water partition coefficient (Wildman–Crippen LogP) is 3.26.